The Morgan fingerprint density at radius 3 is 2.67 bits per heavy atom. The van der Waals surface area contributed by atoms with Crippen molar-refractivity contribution in [1.29, 1.82) is 0 Å². The van der Waals surface area contributed by atoms with Crippen molar-refractivity contribution in [3.05, 3.63) is 45.4 Å². The van der Waals surface area contributed by atoms with Gasteiger partial charge in [-0.25, -0.2) is 15.2 Å². The van der Waals surface area contributed by atoms with Gasteiger partial charge in [-0.15, -0.1) is 0 Å². The monoisotopic (exact) mass is 293 g/mol. The van der Waals surface area contributed by atoms with Crippen molar-refractivity contribution < 1.29 is 14.1 Å². The number of aromatic nitrogens is 2. The van der Waals surface area contributed by atoms with Crippen LogP contribution in [-0.2, 0) is 0 Å². The van der Waals surface area contributed by atoms with Crippen LogP contribution in [0.5, 0.6) is 11.6 Å². The molecule has 0 aliphatic carbocycles. The zero-order valence-corrected chi connectivity index (χ0v) is 11.3. The minimum Gasteiger partial charge on any atom is -0.434 e. The largest absolute Gasteiger partial charge is 0.434 e. The maximum atomic E-state index is 13.2. The standard InChI is InChI=1S/C12H12FN5O3/c1-6-5-8(3-4-9(6)13)21-11-10(18(19)20)7(2)15-12(16-11)17-14/h3-5H,14H2,1-2H3,(H,15,16,17). The number of anilines is 1. The number of nitrogens with one attached hydrogen (secondary N) is 1. The number of ether oxygens (including phenoxy) is 1. The Labute approximate surface area is 118 Å². The zero-order chi connectivity index (χ0) is 15.6. The third-order valence-electron chi connectivity index (χ3n) is 2.68. The van der Waals surface area contributed by atoms with E-state index in [1.54, 1.807) is 6.92 Å². The lowest BCUT2D eigenvalue weighted by molar-refractivity contribution is -0.386. The van der Waals surface area contributed by atoms with Crippen LogP contribution in [0, 0.1) is 29.8 Å². The van der Waals surface area contributed by atoms with Crippen molar-refractivity contribution in [3.8, 4) is 11.6 Å². The fourth-order valence-corrected chi connectivity index (χ4v) is 1.68. The lowest BCUT2D eigenvalue weighted by Crippen LogP contribution is -2.12. The number of aryl methyl sites for hydroxylation is 2. The molecule has 8 nitrogen and oxygen atoms in total. The van der Waals surface area contributed by atoms with Gasteiger partial charge in [-0.1, -0.05) is 0 Å². The maximum Gasteiger partial charge on any atom is 0.352 e. The molecule has 3 N–H and O–H groups in total. The van der Waals surface area contributed by atoms with Gasteiger partial charge in [0.15, 0.2) is 0 Å². The molecule has 9 heteroatoms. The highest BCUT2D eigenvalue weighted by Crippen LogP contribution is 2.32. The van der Waals surface area contributed by atoms with E-state index < -0.39 is 10.7 Å². The summed E-state index contributed by atoms with van der Waals surface area (Å²) in [4.78, 5) is 18.1. The van der Waals surface area contributed by atoms with Crippen LogP contribution >= 0.6 is 0 Å². The first kappa shape index (κ1) is 14.6. The summed E-state index contributed by atoms with van der Waals surface area (Å²) in [6, 6.07) is 3.96. The number of rotatable bonds is 4. The van der Waals surface area contributed by atoms with Gasteiger partial charge in [0.25, 0.3) is 0 Å². The number of nitro groups is 1. The predicted molar refractivity (Wildman–Crippen MR) is 72.4 cm³/mol. The van der Waals surface area contributed by atoms with E-state index in [-0.39, 0.29) is 29.0 Å². The number of benzene rings is 1. The first-order valence-electron chi connectivity index (χ1n) is 5.86. The van der Waals surface area contributed by atoms with Gasteiger partial charge in [0.1, 0.15) is 17.3 Å². The molecule has 110 valence electrons. The van der Waals surface area contributed by atoms with Gasteiger partial charge in [0.05, 0.1) is 4.92 Å². The summed E-state index contributed by atoms with van der Waals surface area (Å²) in [6.45, 7) is 2.98. The van der Waals surface area contributed by atoms with Crippen molar-refractivity contribution in [2.75, 3.05) is 5.43 Å². The highest BCUT2D eigenvalue weighted by molar-refractivity contribution is 5.50. The first-order valence-corrected chi connectivity index (χ1v) is 5.86. The van der Waals surface area contributed by atoms with Crippen molar-refractivity contribution in [3.63, 3.8) is 0 Å². The molecule has 21 heavy (non-hydrogen) atoms. The predicted octanol–water partition coefficient (Wildman–Crippen LogP) is 2.22. The van der Waals surface area contributed by atoms with E-state index in [0.29, 0.717) is 5.56 Å². The van der Waals surface area contributed by atoms with Crippen molar-refractivity contribution in [1.82, 2.24) is 9.97 Å². The summed E-state index contributed by atoms with van der Waals surface area (Å²) in [6.07, 6.45) is 0. The smallest absolute Gasteiger partial charge is 0.352 e. The summed E-state index contributed by atoms with van der Waals surface area (Å²) in [5.41, 5.74) is 2.26. The molecule has 0 saturated carbocycles. The Hall–Kier alpha value is -2.81. The molecule has 2 aromatic rings. The molecule has 1 aromatic carbocycles. The van der Waals surface area contributed by atoms with Crippen LogP contribution in [0.4, 0.5) is 16.0 Å². The normalized spacial score (nSPS) is 10.3. The average Bonchev–Trinajstić information content (AvgIpc) is 2.41. The quantitative estimate of drug-likeness (QED) is 0.504. The zero-order valence-electron chi connectivity index (χ0n) is 11.3. The fraction of sp³-hybridized carbons (Fsp3) is 0.167. The summed E-state index contributed by atoms with van der Waals surface area (Å²) < 4.78 is 18.6. The summed E-state index contributed by atoms with van der Waals surface area (Å²) in [7, 11) is 0. The van der Waals surface area contributed by atoms with Gasteiger partial charge in [0.2, 0.25) is 5.95 Å². The van der Waals surface area contributed by atoms with Gasteiger partial charge >= 0.3 is 11.6 Å². The molecule has 0 bridgehead atoms. The van der Waals surface area contributed by atoms with Crippen molar-refractivity contribution in [2.24, 2.45) is 5.84 Å². The highest BCUT2D eigenvalue weighted by Gasteiger charge is 2.24. The van der Waals surface area contributed by atoms with Gasteiger partial charge in [-0.2, -0.15) is 4.98 Å². The Morgan fingerprint density at radius 2 is 2.10 bits per heavy atom. The summed E-state index contributed by atoms with van der Waals surface area (Å²) in [5.74, 6) is 4.73. The number of hydrazine groups is 1. The van der Waals surface area contributed by atoms with Gasteiger partial charge in [0, 0.05) is 0 Å². The third kappa shape index (κ3) is 3.03. The van der Waals surface area contributed by atoms with Gasteiger partial charge in [-0.05, 0) is 37.6 Å². The summed E-state index contributed by atoms with van der Waals surface area (Å²) in [5, 5.41) is 11.1. The minimum absolute atomic E-state index is 0.0214. The molecule has 0 spiro atoms. The lowest BCUT2D eigenvalue weighted by Gasteiger charge is -2.09. The molecule has 0 amide bonds. The van der Waals surface area contributed by atoms with E-state index in [9.17, 15) is 14.5 Å². The minimum atomic E-state index is -0.651. The molecule has 0 radical (unpaired) electrons. The number of nitrogen functional groups attached to an aromatic ring is 1. The molecule has 0 fully saturated rings. The van der Waals surface area contributed by atoms with Gasteiger partial charge < -0.3 is 4.74 Å². The lowest BCUT2D eigenvalue weighted by atomic mass is 10.2. The number of nitrogens with zero attached hydrogens (tertiary/aromatic N) is 3. The SMILES string of the molecule is Cc1cc(Oc2nc(NN)nc(C)c2[N+](=O)[O-])ccc1F. The van der Waals surface area contributed by atoms with E-state index in [1.165, 1.54) is 25.1 Å². The van der Waals surface area contributed by atoms with Crippen LogP contribution in [0.3, 0.4) is 0 Å². The molecule has 0 atom stereocenters. The Morgan fingerprint density at radius 1 is 1.38 bits per heavy atom. The molecule has 0 aliphatic heterocycles. The van der Waals surface area contributed by atoms with Crippen LogP contribution in [0.1, 0.15) is 11.3 Å². The van der Waals surface area contributed by atoms with Crippen molar-refractivity contribution >= 4 is 11.6 Å². The van der Waals surface area contributed by atoms with Crippen LogP contribution in [0.2, 0.25) is 0 Å². The van der Waals surface area contributed by atoms with E-state index in [1.807, 2.05) is 0 Å². The molecule has 0 aliphatic rings. The van der Waals surface area contributed by atoms with E-state index in [2.05, 4.69) is 15.4 Å². The third-order valence-corrected chi connectivity index (χ3v) is 2.68. The number of halogens is 1. The number of hydrogen-bond acceptors (Lipinski definition) is 7. The molecule has 2 rings (SSSR count). The van der Waals surface area contributed by atoms with Crippen LogP contribution in [0.15, 0.2) is 18.2 Å². The Bertz CT molecular complexity index is 708. The topological polar surface area (TPSA) is 116 Å². The number of hydrogen-bond donors (Lipinski definition) is 2. The second kappa shape index (κ2) is 5.67. The Kier molecular flexibility index (Phi) is 3.94. The van der Waals surface area contributed by atoms with Crippen LogP contribution < -0.4 is 16.0 Å². The van der Waals surface area contributed by atoms with Crippen LogP contribution in [-0.4, -0.2) is 14.9 Å². The van der Waals surface area contributed by atoms with E-state index in [4.69, 9.17) is 10.6 Å². The number of nitrogens with two attached hydrogens (primary N) is 1. The highest BCUT2D eigenvalue weighted by atomic mass is 19.1. The van der Waals surface area contributed by atoms with E-state index in [0.717, 1.165) is 0 Å². The molecule has 0 saturated heterocycles. The second-order valence-electron chi connectivity index (χ2n) is 4.20. The molecular weight excluding hydrogens is 281 g/mol. The fourth-order valence-electron chi connectivity index (χ4n) is 1.68. The molecule has 1 heterocycles. The second-order valence-corrected chi connectivity index (χ2v) is 4.20. The molecule has 1 aromatic heterocycles. The van der Waals surface area contributed by atoms with E-state index >= 15 is 0 Å². The summed E-state index contributed by atoms with van der Waals surface area (Å²) >= 11 is 0. The Balaban J connectivity index is 2.48. The maximum absolute atomic E-state index is 13.2. The van der Waals surface area contributed by atoms with Crippen molar-refractivity contribution in [2.45, 2.75) is 13.8 Å². The molecular formula is C12H12FN5O3. The average molecular weight is 293 g/mol. The van der Waals surface area contributed by atoms with Crippen LogP contribution in [0.25, 0.3) is 0 Å². The molecule has 0 unspecified atom stereocenters. The van der Waals surface area contributed by atoms with Gasteiger partial charge in [-0.3, -0.25) is 15.5 Å². The first-order chi connectivity index (χ1) is 9.92.